The summed E-state index contributed by atoms with van der Waals surface area (Å²) in [6, 6.07) is 0. The van der Waals surface area contributed by atoms with E-state index in [2.05, 4.69) is 4.74 Å². The molecular formula is C7H11O2+. The summed E-state index contributed by atoms with van der Waals surface area (Å²) in [5, 5.41) is 0. The van der Waals surface area contributed by atoms with Crippen LogP contribution in [-0.2, 0) is 9.53 Å². The first-order valence-electron chi connectivity index (χ1n) is 3.03. The maximum absolute atomic E-state index is 10.3. The van der Waals surface area contributed by atoms with Crippen LogP contribution in [0, 0.1) is 6.58 Å². The molecule has 0 spiro atoms. The number of rotatable bonds is 4. The van der Waals surface area contributed by atoms with Gasteiger partial charge in [-0.1, -0.05) is 13.3 Å². The zero-order valence-electron chi connectivity index (χ0n) is 5.59. The molecule has 0 saturated heterocycles. The molecule has 0 rings (SSSR count). The van der Waals surface area contributed by atoms with E-state index in [9.17, 15) is 4.79 Å². The van der Waals surface area contributed by atoms with Crippen molar-refractivity contribution in [1.82, 2.24) is 0 Å². The molecular weight excluding hydrogens is 116 g/mol. The van der Waals surface area contributed by atoms with Crippen LogP contribution in [0.4, 0.5) is 0 Å². The lowest BCUT2D eigenvalue weighted by Crippen LogP contribution is -2.00. The van der Waals surface area contributed by atoms with Gasteiger partial charge < -0.3 is 4.74 Å². The van der Waals surface area contributed by atoms with Crippen LogP contribution in [0.2, 0.25) is 0 Å². The van der Waals surface area contributed by atoms with Crippen molar-refractivity contribution in [3.05, 3.63) is 12.7 Å². The van der Waals surface area contributed by atoms with Gasteiger partial charge in [-0.2, -0.15) is 0 Å². The summed E-state index contributed by atoms with van der Waals surface area (Å²) in [6.07, 6.45) is 2.85. The highest BCUT2D eigenvalue weighted by atomic mass is 16.5. The summed E-state index contributed by atoms with van der Waals surface area (Å²) < 4.78 is 4.61. The average molecular weight is 127 g/mol. The molecule has 0 radical (unpaired) electrons. The smallest absolute Gasteiger partial charge is 0.373 e. The molecule has 0 aromatic carbocycles. The fourth-order valence-electron chi connectivity index (χ4n) is 0.365. The van der Waals surface area contributed by atoms with Gasteiger partial charge in [0.15, 0.2) is 0 Å². The lowest BCUT2D eigenvalue weighted by molar-refractivity contribution is -0.137. The summed E-state index contributed by atoms with van der Waals surface area (Å²) in [4.78, 5) is 10.3. The molecule has 2 nitrogen and oxygen atoms in total. The Morgan fingerprint density at radius 3 is 2.89 bits per heavy atom. The van der Waals surface area contributed by atoms with Crippen LogP contribution in [0.1, 0.15) is 19.8 Å². The molecule has 0 bridgehead atoms. The molecule has 50 valence electrons. The lowest BCUT2D eigenvalue weighted by atomic mass is 10.4. The molecule has 0 aromatic heterocycles. The van der Waals surface area contributed by atoms with Crippen molar-refractivity contribution >= 4 is 5.97 Å². The largest absolute Gasteiger partial charge is 0.484 e. The second-order valence-corrected chi connectivity index (χ2v) is 1.69. The Morgan fingerprint density at radius 1 is 1.78 bits per heavy atom. The van der Waals surface area contributed by atoms with Crippen molar-refractivity contribution in [1.29, 1.82) is 0 Å². The first kappa shape index (κ1) is 8.12. The van der Waals surface area contributed by atoms with Gasteiger partial charge in [0.05, 0.1) is 6.58 Å². The monoisotopic (exact) mass is 127 g/mol. The van der Waals surface area contributed by atoms with Crippen molar-refractivity contribution in [3.8, 4) is 0 Å². The predicted octanol–water partition coefficient (Wildman–Crippen LogP) is 1.32. The number of carbonyl (C=O) groups is 1. The van der Waals surface area contributed by atoms with E-state index in [4.69, 9.17) is 6.58 Å². The molecule has 0 aliphatic rings. The second-order valence-electron chi connectivity index (χ2n) is 1.69. The number of esters is 1. The molecule has 9 heavy (non-hydrogen) atoms. The molecule has 0 fully saturated rings. The molecule has 0 aromatic rings. The third-order valence-corrected chi connectivity index (χ3v) is 0.878. The van der Waals surface area contributed by atoms with Crippen molar-refractivity contribution in [2.75, 3.05) is 6.61 Å². The summed E-state index contributed by atoms with van der Waals surface area (Å²) in [6.45, 7) is 7.36. The minimum Gasteiger partial charge on any atom is -0.373 e. The van der Waals surface area contributed by atoms with Crippen LogP contribution in [-0.4, -0.2) is 12.6 Å². The summed E-state index contributed by atoms with van der Waals surface area (Å²) in [7, 11) is 0. The fraction of sp³-hybridized carbons (Fsp3) is 0.571. The van der Waals surface area contributed by atoms with Gasteiger partial charge in [-0.15, -0.1) is 4.79 Å². The summed E-state index contributed by atoms with van der Waals surface area (Å²) >= 11 is 0. The van der Waals surface area contributed by atoms with Gasteiger partial charge in [0, 0.05) is 0 Å². The topological polar surface area (TPSA) is 26.3 Å². The van der Waals surface area contributed by atoms with Crippen LogP contribution in [0.25, 0.3) is 0 Å². The second kappa shape index (κ2) is 5.26. The quantitative estimate of drug-likeness (QED) is 0.246. The predicted molar refractivity (Wildman–Crippen MR) is 34.7 cm³/mol. The Bertz CT molecular complexity index is 97.1. The van der Waals surface area contributed by atoms with Gasteiger partial charge in [0.1, 0.15) is 6.61 Å². The van der Waals surface area contributed by atoms with Crippen LogP contribution >= 0.6 is 0 Å². The molecule has 0 amide bonds. The Labute approximate surface area is 55.5 Å². The fourth-order valence-corrected chi connectivity index (χ4v) is 0.365. The van der Waals surface area contributed by atoms with E-state index in [-0.39, 0.29) is 0 Å². The number of ether oxygens (including phenoxy) is 1. The molecule has 0 heterocycles. The first-order valence-corrected chi connectivity index (χ1v) is 3.03. The Hall–Kier alpha value is -0.880. The zero-order valence-corrected chi connectivity index (χ0v) is 5.59. The molecule has 0 saturated carbocycles. The van der Waals surface area contributed by atoms with Gasteiger partial charge in [0.2, 0.25) is 6.08 Å². The van der Waals surface area contributed by atoms with E-state index in [1.54, 1.807) is 0 Å². The number of carbonyl (C=O) groups excluding carboxylic acids is 1. The van der Waals surface area contributed by atoms with E-state index in [0.29, 0.717) is 6.61 Å². The van der Waals surface area contributed by atoms with Crippen molar-refractivity contribution in [2.45, 2.75) is 19.8 Å². The van der Waals surface area contributed by atoms with E-state index in [0.717, 1.165) is 18.9 Å². The SMILES string of the molecule is [CH+]=CC(=O)OCCCC. The minimum absolute atomic E-state index is 0.441. The number of unbranched alkanes of at least 4 members (excludes halogenated alkanes) is 1. The third kappa shape index (κ3) is 4.98. The van der Waals surface area contributed by atoms with Crippen LogP contribution in [0.3, 0.4) is 0 Å². The number of hydrogen-bond donors (Lipinski definition) is 0. The molecule has 0 atom stereocenters. The van der Waals surface area contributed by atoms with Crippen LogP contribution in [0.5, 0.6) is 0 Å². The normalized spacial score (nSPS) is 8.44. The van der Waals surface area contributed by atoms with E-state index in [1.165, 1.54) is 0 Å². The molecule has 0 aliphatic heterocycles. The minimum atomic E-state index is -0.441. The van der Waals surface area contributed by atoms with Crippen LogP contribution < -0.4 is 0 Å². The Balaban J connectivity index is 3.07. The Kier molecular flexibility index (Phi) is 4.75. The van der Waals surface area contributed by atoms with Gasteiger partial charge in [0.25, 0.3) is 0 Å². The maximum Gasteiger partial charge on any atom is 0.484 e. The molecule has 2 heteroatoms. The summed E-state index contributed by atoms with van der Waals surface area (Å²) in [5.41, 5.74) is 0. The highest BCUT2D eigenvalue weighted by molar-refractivity contribution is 5.80. The van der Waals surface area contributed by atoms with Gasteiger partial charge >= 0.3 is 5.97 Å². The first-order chi connectivity index (χ1) is 4.31. The zero-order chi connectivity index (χ0) is 7.11. The lowest BCUT2D eigenvalue weighted by Gasteiger charge is -1.90. The van der Waals surface area contributed by atoms with Crippen LogP contribution in [0.15, 0.2) is 6.08 Å². The van der Waals surface area contributed by atoms with E-state index >= 15 is 0 Å². The molecule has 0 aliphatic carbocycles. The van der Waals surface area contributed by atoms with Gasteiger partial charge in [-0.3, -0.25) is 0 Å². The summed E-state index contributed by atoms with van der Waals surface area (Å²) in [5.74, 6) is -0.441. The third-order valence-electron chi connectivity index (χ3n) is 0.878. The highest BCUT2D eigenvalue weighted by Gasteiger charge is 2.02. The Morgan fingerprint density at radius 2 is 2.44 bits per heavy atom. The molecule has 0 N–H and O–H groups in total. The molecule has 0 unspecified atom stereocenters. The maximum atomic E-state index is 10.3. The highest BCUT2D eigenvalue weighted by Crippen LogP contribution is 1.87. The standard InChI is InChI=1S/C7H11O2/c1-3-5-6-9-7(8)4-2/h2,4H,3,5-6H2,1H3/q+1. The van der Waals surface area contributed by atoms with Crippen molar-refractivity contribution < 1.29 is 9.53 Å². The van der Waals surface area contributed by atoms with Gasteiger partial charge in [-0.25, -0.2) is 0 Å². The number of hydrogen-bond acceptors (Lipinski definition) is 2. The van der Waals surface area contributed by atoms with Crippen molar-refractivity contribution in [2.24, 2.45) is 0 Å². The van der Waals surface area contributed by atoms with Gasteiger partial charge in [-0.05, 0) is 6.42 Å². The van der Waals surface area contributed by atoms with E-state index in [1.807, 2.05) is 6.92 Å². The van der Waals surface area contributed by atoms with Crippen molar-refractivity contribution in [3.63, 3.8) is 0 Å². The van der Waals surface area contributed by atoms with E-state index < -0.39 is 5.97 Å². The average Bonchev–Trinajstić information content (AvgIpc) is 1.89.